The molecule has 0 amide bonds. The zero-order valence-corrected chi connectivity index (χ0v) is 20.5. The minimum absolute atomic E-state index is 0.604. The van der Waals surface area contributed by atoms with Gasteiger partial charge in [0.25, 0.3) is 0 Å². The van der Waals surface area contributed by atoms with E-state index in [2.05, 4.69) is 9.98 Å². The maximum absolute atomic E-state index is 13.2. The molecule has 0 aliphatic carbocycles. The van der Waals surface area contributed by atoms with Crippen molar-refractivity contribution in [1.82, 2.24) is 4.98 Å². The monoisotopic (exact) mass is 512 g/mol. The quantitative estimate of drug-likeness (QED) is 0.378. The minimum Gasteiger partial charge on any atom is -0.748 e. The Labute approximate surface area is 206 Å². The van der Waals surface area contributed by atoms with Crippen LogP contribution in [0.3, 0.4) is 0 Å². The van der Waals surface area contributed by atoms with Gasteiger partial charge < -0.3 is 9.54 Å². The molecule has 2 heterocycles. The molecular formula is C27H23F3N2O3S. The summed E-state index contributed by atoms with van der Waals surface area (Å²) < 4.78 is 66.8. The first-order valence-electron chi connectivity index (χ1n) is 11.0. The van der Waals surface area contributed by atoms with Gasteiger partial charge in [-0.25, -0.2) is 13.4 Å². The van der Waals surface area contributed by atoms with E-state index in [1.807, 2.05) is 62.4 Å². The Morgan fingerprint density at radius 2 is 1.50 bits per heavy atom. The van der Waals surface area contributed by atoms with Crippen molar-refractivity contribution in [2.45, 2.75) is 20.0 Å². The molecule has 9 heteroatoms. The molecule has 5 nitrogen and oxygen atoms in total. The fraction of sp³-hybridized carbons (Fsp3) is 0.148. The lowest BCUT2D eigenvalue weighted by atomic mass is 9.86. The van der Waals surface area contributed by atoms with Crippen molar-refractivity contribution in [2.75, 3.05) is 6.26 Å². The summed E-state index contributed by atoms with van der Waals surface area (Å²) in [6.07, 6.45) is -3.76. The zero-order chi connectivity index (χ0) is 26.3. The first kappa shape index (κ1) is 25.4. The number of hydrogen-bond acceptors (Lipinski definition) is 3. The number of para-hydroxylation sites is 2. The van der Waals surface area contributed by atoms with Crippen molar-refractivity contribution in [2.24, 2.45) is 0 Å². The Morgan fingerprint density at radius 1 is 0.917 bits per heavy atom. The summed E-state index contributed by atoms with van der Waals surface area (Å²) in [5.74, 6) is 0. The van der Waals surface area contributed by atoms with Gasteiger partial charge >= 0.3 is 6.18 Å². The summed E-state index contributed by atoms with van der Waals surface area (Å²) in [5, 5.41) is 1.04. The summed E-state index contributed by atoms with van der Waals surface area (Å²) >= 11 is 0. The molecule has 0 unspecified atom stereocenters. The van der Waals surface area contributed by atoms with Crippen LogP contribution in [0.4, 0.5) is 18.9 Å². The van der Waals surface area contributed by atoms with E-state index >= 15 is 0 Å². The van der Waals surface area contributed by atoms with Crippen molar-refractivity contribution in [3.05, 3.63) is 101 Å². The number of hydrogen-bond donors (Lipinski definition) is 2. The summed E-state index contributed by atoms with van der Waals surface area (Å²) in [6.45, 7) is 4.01. The number of benzene rings is 3. The standard InChI is InChI=1S/C26H19F3N2.CH4O3S/c1-15-23(19-7-3-5-9-21(19)30-15)25(17-11-13-18(14-12-17)26(27,28)29)24-16(2)31-22-10-6-4-8-20(22)24;1-5(2,3)4/h3-14,30H,1-2H3;1H3,(H,2,3,4). The predicted molar refractivity (Wildman–Crippen MR) is 134 cm³/mol. The third kappa shape index (κ3) is 5.27. The van der Waals surface area contributed by atoms with Crippen molar-refractivity contribution in [3.8, 4) is 0 Å². The van der Waals surface area contributed by atoms with Gasteiger partial charge in [-0.05, 0) is 36.8 Å². The molecule has 0 saturated carbocycles. The normalized spacial score (nSPS) is 14.7. The molecule has 0 atom stereocenters. The van der Waals surface area contributed by atoms with Gasteiger partial charge in [0.05, 0.1) is 26.8 Å². The summed E-state index contributed by atoms with van der Waals surface area (Å²) in [7, 11) is -3.92. The van der Waals surface area contributed by atoms with Crippen molar-refractivity contribution in [3.63, 3.8) is 0 Å². The Morgan fingerprint density at radius 3 is 2.14 bits per heavy atom. The van der Waals surface area contributed by atoms with E-state index in [0.717, 1.165) is 68.0 Å². The van der Waals surface area contributed by atoms with Crippen LogP contribution in [0, 0.1) is 6.92 Å². The highest BCUT2D eigenvalue weighted by atomic mass is 32.2. The number of halogens is 3. The molecule has 1 aliphatic heterocycles. The number of allylic oxidation sites excluding steroid dienone is 1. The summed E-state index contributed by atoms with van der Waals surface area (Å²) in [6, 6.07) is 21.5. The number of nitrogens with one attached hydrogen (secondary N) is 2. The van der Waals surface area contributed by atoms with Crippen LogP contribution in [0.15, 0.2) is 72.8 Å². The van der Waals surface area contributed by atoms with Gasteiger partial charge in [0.1, 0.15) is 0 Å². The summed E-state index contributed by atoms with van der Waals surface area (Å²) in [5.41, 5.74) is 8.00. The lowest BCUT2D eigenvalue weighted by Crippen LogP contribution is -2.62. The molecule has 0 radical (unpaired) electrons. The van der Waals surface area contributed by atoms with Crippen molar-refractivity contribution < 1.29 is 31.1 Å². The van der Waals surface area contributed by atoms with Crippen LogP contribution in [0.25, 0.3) is 22.0 Å². The third-order valence-corrected chi connectivity index (χ3v) is 5.79. The largest absolute Gasteiger partial charge is 0.748 e. The number of rotatable bonds is 2. The van der Waals surface area contributed by atoms with E-state index < -0.39 is 21.9 Å². The Balaban J connectivity index is 0.000000556. The number of H-pyrrole nitrogens is 1. The maximum atomic E-state index is 13.2. The molecule has 186 valence electrons. The van der Waals surface area contributed by atoms with Gasteiger partial charge in [0, 0.05) is 47.0 Å². The maximum Gasteiger partial charge on any atom is 0.416 e. The molecule has 1 aromatic heterocycles. The van der Waals surface area contributed by atoms with Crippen LogP contribution in [0.5, 0.6) is 0 Å². The second-order valence-corrected chi connectivity index (χ2v) is 9.90. The number of alkyl halides is 3. The van der Waals surface area contributed by atoms with Crippen molar-refractivity contribution in [1.29, 1.82) is 0 Å². The molecule has 4 aromatic rings. The first-order chi connectivity index (χ1) is 16.8. The Bertz CT molecular complexity index is 1610. The Kier molecular flexibility index (Phi) is 6.64. The van der Waals surface area contributed by atoms with Crippen LogP contribution in [-0.4, -0.2) is 29.9 Å². The van der Waals surface area contributed by atoms with Crippen molar-refractivity contribution >= 4 is 43.6 Å². The van der Waals surface area contributed by atoms with E-state index in [0.29, 0.717) is 6.26 Å². The molecule has 2 N–H and O–H groups in total. The van der Waals surface area contributed by atoms with Crippen LogP contribution in [0.2, 0.25) is 0 Å². The third-order valence-electron chi connectivity index (χ3n) is 5.79. The lowest BCUT2D eigenvalue weighted by Gasteiger charge is -2.14. The lowest BCUT2D eigenvalue weighted by molar-refractivity contribution is -0.349. The molecule has 0 spiro atoms. The van der Waals surface area contributed by atoms with Gasteiger partial charge in [-0.15, -0.1) is 0 Å². The van der Waals surface area contributed by atoms with Crippen LogP contribution in [-0.2, 0) is 16.3 Å². The average molecular weight is 513 g/mol. The van der Waals surface area contributed by atoms with E-state index in [9.17, 15) is 13.2 Å². The van der Waals surface area contributed by atoms with E-state index in [1.165, 1.54) is 0 Å². The highest BCUT2D eigenvalue weighted by Gasteiger charge is 2.32. The zero-order valence-electron chi connectivity index (χ0n) is 19.7. The minimum atomic E-state index is -4.37. The van der Waals surface area contributed by atoms with E-state index in [4.69, 9.17) is 13.0 Å². The van der Waals surface area contributed by atoms with Crippen LogP contribution in [0.1, 0.15) is 34.9 Å². The first-order valence-corrected chi connectivity index (χ1v) is 12.8. The van der Waals surface area contributed by atoms with E-state index in [-0.39, 0.29) is 0 Å². The van der Waals surface area contributed by atoms with Gasteiger partial charge in [-0.3, -0.25) is 0 Å². The molecule has 0 bridgehead atoms. The van der Waals surface area contributed by atoms with Gasteiger partial charge in [0.15, 0.2) is 5.71 Å². The summed E-state index contributed by atoms with van der Waals surface area (Å²) in [4.78, 5) is 6.86. The number of aryl methyl sites for hydroxylation is 1. The van der Waals surface area contributed by atoms with Gasteiger partial charge in [-0.1, -0.05) is 42.5 Å². The van der Waals surface area contributed by atoms with Crippen LogP contribution >= 0.6 is 0 Å². The highest BCUT2D eigenvalue weighted by Crippen LogP contribution is 2.41. The molecular weight excluding hydrogens is 489 g/mol. The van der Waals surface area contributed by atoms with Crippen LogP contribution < -0.4 is 4.99 Å². The fourth-order valence-electron chi connectivity index (χ4n) is 4.44. The van der Waals surface area contributed by atoms with Gasteiger partial charge in [0.2, 0.25) is 5.69 Å². The second-order valence-electron chi connectivity index (χ2n) is 8.50. The molecule has 0 fully saturated rings. The molecule has 1 aliphatic rings. The average Bonchev–Trinajstić information content (AvgIpc) is 3.29. The number of fused-ring (bicyclic) bond motifs is 2. The predicted octanol–water partition coefficient (Wildman–Crippen LogP) is 4.80. The molecule has 0 saturated heterocycles. The molecule has 5 rings (SSSR count). The smallest absolute Gasteiger partial charge is 0.416 e. The van der Waals surface area contributed by atoms with E-state index in [1.54, 1.807) is 12.1 Å². The Hall–Kier alpha value is -3.69. The topological polar surface area (TPSA) is 87.0 Å². The SMILES string of the molecule is CC1=[NH+]c2ccccc2C1=C(c1ccc(C(F)(F)F)cc1)c1c(C)[nH]c2ccccc12.CS(=O)(=O)[O-]. The highest BCUT2D eigenvalue weighted by molar-refractivity contribution is 7.84. The number of aromatic nitrogens is 1. The van der Waals surface area contributed by atoms with Gasteiger partial charge in [-0.2, -0.15) is 13.2 Å². The molecule has 3 aromatic carbocycles. The molecule has 36 heavy (non-hydrogen) atoms. The number of aromatic amines is 1. The fourth-order valence-corrected chi connectivity index (χ4v) is 4.44. The second kappa shape index (κ2) is 9.40.